The molecule has 1 N–H and O–H groups in total. The fourth-order valence-corrected chi connectivity index (χ4v) is 5.19. The standard InChI is InChI=1S/C29H30FN3O3/c1-4-18-16-21(20-8-5-6-9-24(20)35-2)22-17-23(32-28(22)26(18)30)29(34)33-14-11-19(12-15-33)27-25(36-3)10-7-13-31-27/h5-10,13,16-17,19,32H,4,11-12,14-15H2,1-3H3. The van der Waals surface area contributed by atoms with Crippen LogP contribution in [0.2, 0.25) is 0 Å². The summed E-state index contributed by atoms with van der Waals surface area (Å²) in [5, 5.41) is 0.672. The van der Waals surface area contributed by atoms with Crippen LogP contribution in [-0.2, 0) is 6.42 Å². The molecule has 0 unspecified atom stereocenters. The number of carbonyl (C=O) groups excluding carboxylic acids is 1. The number of pyridine rings is 1. The molecular formula is C29H30FN3O3. The molecule has 1 amide bonds. The third-order valence-corrected chi connectivity index (χ3v) is 7.12. The number of halogens is 1. The van der Waals surface area contributed by atoms with Gasteiger partial charge in [0.15, 0.2) is 0 Å². The number of nitrogens with zero attached hydrogens (tertiary/aromatic N) is 2. The number of piperidine rings is 1. The van der Waals surface area contributed by atoms with Crippen molar-refractivity contribution in [2.24, 2.45) is 0 Å². The van der Waals surface area contributed by atoms with Gasteiger partial charge >= 0.3 is 0 Å². The summed E-state index contributed by atoms with van der Waals surface area (Å²) in [5.41, 5.74) is 3.98. The molecule has 0 saturated carbocycles. The monoisotopic (exact) mass is 487 g/mol. The van der Waals surface area contributed by atoms with Crippen LogP contribution in [-0.4, -0.2) is 48.1 Å². The van der Waals surface area contributed by atoms with E-state index in [0.717, 1.165) is 35.4 Å². The molecule has 0 atom stereocenters. The molecular weight excluding hydrogens is 457 g/mol. The number of ether oxygens (including phenoxy) is 2. The molecule has 0 bridgehead atoms. The van der Waals surface area contributed by atoms with Gasteiger partial charge < -0.3 is 19.4 Å². The summed E-state index contributed by atoms with van der Waals surface area (Å²) in [6.45, 7) is 3.12. The van der Waals surface area contributed by atoms with Crippen LogP contribution in [0.15, 0.2) is 54.7 Å². The van der Waals surface area contributed by atoms with Crippen molar-refractivity contribution in [3.05, 3.63) is 77.5 Å². The highest BCUT2D eigenvalue weighted by molar-refractivity contribution is 6.04. The number of amides is 1. The molecule has 3 heterocycles. The van der Waals surface area contributed by atoms with Gasteiger partial charge in [-0.15, -0.1) is 0 Å². The number of hydrogen-bond donors (Lipinski definition) is 1. The molecule has 1 aliphatic heterocycles. The zero-order chi connectivity index (χ0) is 25.2. The number of methoxy groups -OCH3 is 2. The van der Waals surface area contributed by atoms with E-state index >= 15 is 4.39 Å². The second kappa shape index (κ2) is 10.0. The third-order valence-electron chi connectivity index (χ3n) is 7.12. The first-order valence-electron chi connectivity index (χ1n) is 12.3. The Hall–Kier alpha value is -3.87. The van der Waals surface area contributed by atoms with Crippen molar-refractivity contribution in [2.75, 3.05) is 27.3 Å². The zero-order valence-corrected chi connectivity index (χ0v) is 20.8. The lowest BCUT2D eigenvalue weighted by Crippen LogP contribution is -2.38. The van der Waals surface area contributed by atoms with Crippen LogP contribution in [0, 0.1) is 5.82 Å². The van der Waals surface area contributed by atoms with E-state index in [4.69, 9.17) is 9.47 Å². The zero-order valence-electron chi connectivity index (χ0n) is 20.8. The van der Waals surface area contributed by atoms with Gasteiger partial charge in [0.2, 0.25) is 0 Å². The summed E-state index contributed by atoms with van der Waals surface area (Å²) in [5.74, 6) is 1.28. The Kier molecular flexibility index (Phi) is 6.63. The van der Waals surface area contributed by atoms with Crippen molar-refractivity contribution in [1.82, 2.24) is 14.9 Å². The molecule has 2 aromatic carbocycles. The molecule has 6 nitrogen and oxygen atoms in total. The number of rotatable bonds is 6. The molecule has 0 spiro atoms. The Labute approximate surface area is 210 Å². The number of aromatic nitrogens is 2. The van der Waals surface area contributed by atoms with Crippen molar-refractivity contribution >= 4 is 16.8 Å². The second-order valence-electron chi connectivity index (χ2n) is 9.08. The molecule has 0 radical (unpaired) electrons. The Bertz CT molecular complexity index is 1410. The van der Waals surface area contributed by atoms with Crippen LogP contribution in [0.5, 0.6) is 11.5 Å². The fourth-order valence-electron chi connectivity index (χ4n) is 5.19. The minimum absolute atomic E-state index is 0.124. The topological polar surface area (TPSA) is 67.4 Å². The highest BCUT2D eigenvalue weighted by Gasteiger charge is 2.28. The number of nitrogens with one attached hydrogen (secondary N) is 1. The number of likely N-dealkylation sites (tertiary alicyclic amines) is 1. The normalized spacial score (nSPS) is 14.3. The van der Waals surface area contributed by atoms with Crippen molar-refractivity contribution in [1.29, 1.82) is 0 Å². The lowest BCUT2D eigenvalue weighted by Gasteiger charge is -2.32. The summed E-state index contributed by atoms with van der Waals surface area (Å²) < 4.78 is 26.4. The van der Waals surface area contributed by atoms with E-state index in [1.165, 1.54) is 0 Å². The Morgan fingerprint density at radius 1 is 1.06 bits per heavy atom. The third kappa shape index (κ3) is 4.19. The molecule has 7 heteroatoms. The van der Waals surface area contributed by atoms with Crippen LogP contribution in [0.4, 0.5) is 4.39 Å². The molecule has 1 fully saturated rings. The highest BCUT2D eigenvalue weighted by Crippen LogP contribution is 2.38. The van der Waals surface area contributed by atoms with Gasteiger partial charge in [0, 0.05) is 36.2 Å². The Balaban J connectivity index is 1.46. The van der Waals surface area contributed by atoms with Gasteiger partial charge in [0.25, 0.3) is 5.91 Å². The van der Waals surface area contributed by atoms with Gasteiger partial charge in [0.05, 0.1) is 25.4 Å². The van der Waals surface area contributed by atoms with E-state index < -0.39 is 0 Å². The summed E-state index contributed by atoms with van der Waals surface area (Å²) in [4.78, 5) is 22.9. The van der Waals surface area contributed by atoms with E-state index in [1.54, 1.807) is 26.5 Å². The smallest absolute Gasteiger partial charge is 0.270 e. The van der Waals surface area contributed by atoms with Crippen LogP contribution < -0.4 is 9.47 Å². The molecule has 2 aromatic heterocycles. The minimum atomic E-state index is -0.314. The largest absolute Gasteiger partial charge is 0.496 e. The van der Waals surface area contributed by atoms with Crippen LogP contribution in [0.1, 0.15) is 47.4 Å². The fraction of sp³-hybridized carbons (Fsp3) is 0.310. The second-order valence-corrected chi connectivity index (χ2v) is 9.08. The van der Waals surface area contributed by atoms with Crippen molar-refractivity contribution in [3.63, 3.8) is 0 Å². The molecule has 0 aliphatic carbocycles. The molecule has 186 valence electrons. The van der Waals surface area contributed by atoms with E-state index in [1.807, 2.05) is 54.3 Å². The number of para-hydroxylation sites is 1. The summed E-state index contributed by atoms with van der Waals surface area (Å²) in [7, 11) is 3.27. The van der Waals surface area contributed by atoms with Crippen molar-refractivity contribution < 1.29 is 18.7 Å². The number of carbonyl (C=O) groups is 1. The molecule has 36 heavy (non-hydrogen) atoms. The van der Waals surface area contributed by atoms with Gasteiger partial charge in [-0.3, -0.25) is 9.78 Å². The van der Waals surface area contributed by atoms with E-state index in [0.29, 0.717) is 47.4 Å². The Morgan fingerprint density at radius 2 is 1.78 bits per heavy atom. The van der Waals surface area contributed by atoms with Crippen LogP contribution in [0.25, 0.3) is 22.0 Å². The maximum atomic E-state index is 15.4. The summed E-state index contributed by atoms with van der Waals surface area (Å²) in [6.07, 6.45) is 3.90. The quantitative estimate of drug-likeness (QED) is 0.364. The number of H-pyrrole nitrogens is 1. The number of hydrogen-bond acceptors (Lipinski definition) is 4. The van der Waals surface area contributed by atoms with Crippen LogP contribution >= 0.6 is 0 Å². The average Bonchev–Trinajstić information content (AvgIpc) is 3.39. The lowest BCUT2D eigenvalue weighted by molar-refractivity contribution is 0.0706. The summed E-state index contributed by atoms with van der Waals surface area (Å²) in [6, 6.07) is 15.1. The molecule has 1 aliphatic rings. The van der Waals surface area contributed by atoms with Gasteiger partial charge in [0.1, 0.15) is 23.0 Å². The predicted molar refractivity (Wildman–Crippen MR) is 138 cm³/mol. The first-order chi connectivity index (χ1) is 17.5. The maximum absolute atomic E-state index is 15.4. The molecule has 1 saturated heterocycles. The lowest BCUT2D eigenvalue weighted by atomic mass is 9.92. The SMILES string of the molecule is CCc1cc(-c2ccccc2OC)c2cc(C(=O)N3CCC(c4ncccc4OC)CC3)[nH]c2c1F. The van der Waals surface area contributed by atoms with E-state index in [9.17, 15) is 4.79 Å². The maximum Gasteiger partial charge on any atom is 0.270 e. The minimum Gasteiger partial charge on any atom is -0.496 e. The summed E-state index contributed by atoms with van der Waals surface area (Å²) >= 11 is 0. The number of fused-ring (bicyclic) bond motifs is 1. The van der Waals surface area contributed by atoms with Crippen molar-refractivity contribution in [2.45, 2.75) is 32.1 Å². The van der Waals surface area contributed by atoms with E-state index in [-0.39, 0.29) is 17.6 Å². The van der Waals surface area contributed by atoms with Crippen LogP contribution in [0.3, 0.4) is 0 Å². The number of aryl methyl sites for hydroxylation is 1. The van der Waals surface area contributed by atoms with Crippen molar-refractivity contribution in [3.8, 4) is 22.6 Å². The van der Waals surface area contributed by atoms with Gasteiger partial charge in [-0.25, -0.2) is 4.39 Å². The number of aromatic amines is 1. The first-order valence-corrected chi connectivity index (χ1v) is 12.3. The van der Waals surface area contributed by atoms with Gasteiger partial charge in [-0.1, -0.05) is 25.1 Å². The predicted octanol–water partition coefficient (Wildman–Crippen LogP) is 5.97. The average molecular weight is 488 g/mol. The first kappa shape index (κ1) is 23.9. The molecule has 4 aromatic rings. The number of benzene rings is 2. The van der Waals surface area contributed by atoms with Gasteiger partial charge in [-0.2, -0.15) is 0 Å². The molecule has 5 rings (SSSR count). The van der Waals surface area contributed by atoms with E-state index in [2.05, 4.69) is 9.97 Å². The highest BCUT2D eigenvalue weighted by atomic mass is 19.1. The Morgan fingerprint density at radius 3 is 2.50 bits per heavy atom. The van der Waals surface area contributed by atoms with Gasteiger partial charge in [-0.05, 0) is 60.7 Å².